The van der Waals surface area contributed by atoms with Crippen LogP contribution < -0.4 is 0 Å². The summed E-state index contributed by atoms with van der Waals surface area (Å²) in [5.41, 5.74) is 0. The Morgan fingerprint density at radius 1 is 0.328 bits per heavy atom. The maximum absolute atomic E-state index is 12.8. The highest BCUT2D eigenvalue weighted by atomic mass is 16.6. The first-order chi connectivity index (χ1) is 30.0. The molecule has 0 rings (SSSR count). The molecule has 61 heavy (non-hydrogen) atoms. The van der Waals surface area contributed by atoms with Gasteiger partial charge in [-0.25, -0.2) is 0 Å². The van der Waals surface area contributed by atoms with Crippen LogP contribution in [0.3, 0.4) is 0 Å². The summed E-state index contributed by atoms with van der Waals surface area (Å²) in [4.78, 5) is 38.0. The summed E-state index contributed by atoms with van der Waals surface area (Å²) in [6.07, 6.45) is 60.5. The van der Waals surface area contributed by atoms with E-state index < -0.39 is 6.10 Å². The normalized spacial score (nSPS) is 12.5. The molecule has 0 heterocycles. The number of unbranched alkanes of at least 4 members (excludes halogenated alkanes) is 25. The predicted molar refractivity (Wildman–Crippen MR) is 261 cm³/mol. The van der Waals surface area contributed by atoms with E-state index >= 15 is 0 Å². The molecule has 0 saturated carbocycles. The second-order valence-electron chi connectivity index (χ2n) is 17.1. The third-order valence-electron chi connectivity index (χ3n) is 11.0. The predicted octanol–water partition coefficient (Wildman–Crippen LogP) is 16.9. The van der Waals surface area contributed by atoms with E-state index in [1.807, 2.05) is 0 Å². The Morgan fingerprint density at radius 3 is 0.967 bits per heavy atom. The zero-order valence-corrected chi connectivity index (χ0v) is 40.2. The van der Waals surface area contributed by atoms with Gasteiger partial charge in [-0.15, -0.1) is 0 Å². The van der Waals surface area contributed by atoms with Gasteiger partial charge in [0.1, 0.15) is 13.2 Å². The van der Waals surface area contributed by atoms with Crippen molar-refractivity contribution in [1.29, 1.82) is 0 Å². The summed E-state index contributed by atoms with van der Waals surface area (Å²) in [6, 6.07) is 0. The molecule has 0 aromatic carbocycles. The first-order valence-electron chi connectivity index (χ1n) is 25.8. The molecule has 352 valence electrons. The lowest BCUT2D eigenvalue weighted by molar-refractivity contribution is -0.167. The highest BCUT2D eigenvalue weighted by Crippen LogP contribution is 2.14. The van der Waals surface area contributed by atoms with E-state index in [2.05, 4.69) is 81.5 Å². The molecule has 0 radical (unpaired) electrons. The molecule has 0 aromatic heterocycles. The van der Waals surface area contributed by atoms with E-state index in [1.54, 1.807) is 0 Å². The summed E-state index contributed by atoms with van der Waals surface area (Å²) in [5, 5.41) is 0. The van der Waals surface area contributed by atoms with E-state index in [-0.39, 0.29) is 31.1 Å². The highest BCUT2D eigenvalue weighted by molar-refractivity contribution is 5.71. The molecular weight excluding hydrogens is 757 g/mol. The fraction of sp³-hybridized carbons (Fsp3) is 0.764. The third-order valence-corrected chi connectivity index (χ3v) is 11.0. The van der Waals surface area contributed by atoms with E-state index in [0.29, 0.717) is 19.3 Å². The van der Waals surface area contributed by atoms with Gasteiger partial charge in [-0.1, -0.05) is 197 Å². The molecule has 0 aliphatic heterocycles. The van der Waals surface area contributed by atoms with Gasteiger partial charge in [-0.3, -0.25) is 14.4 Å². The second-order valence-corrected chi connectivity index (χ2v) is 17.1. The van der Waals surface area contributed by atoms with Crippen LogP contribution in [0.5, 0.6) is 0 Å². The molecule has 0 fully saturated rings. The van der Waals surface area contributed by atoms with Gasteiger partial charge in [0.2, 0.25) is 0 Å². The Hall–Kier alpha value is -2.89. The summed E-state index contributed by atoms with van der Waals surface area (Å²) in [6.45, 7) is 6.52. The van der Waals surface area contributed by atoms with Crippen molar-refractivity contribution in [2.45, 2.75) is 258 Å². The van der Waals surface area contributed by atoms with Crippen molar-refractivity contribution in [3.63, 3.8) is 0 Å². The van der Waals surface area contributed by atoms with Crippen LogP contribution in [0.25, 0.3) is 0 Å². The molecule has 0 spiro atoms. The Balaban J connectivity index is 4.42. The van der Waals surface area contributed by atoms with Crippen LogP contribution in [-0.2, 0) is 28.6 Å². The van der Waals surface area contributed by atoms with Gasteiger partial charge in [0.15, 0.2) is 6.10 Å². The van der Waals surface area contributed by atoms with Crippen molar-refractivity contribution in [3.8, 4) is 0 Å². The molecule has 1 atom stereocenters. The van der Waals surface area contributed by atoms with Crippen LogP contribution in [0.4, 0.5) is 0 Å². The quantitative estimate of drug-likeness (QED) is 0.0263. The highest BCUT2D eigenvalue weighted by Gasteiger charge is 2.19. The zero-order valence-electron chi connectivity index (χ0n) is 40.2. The summed E-state index contributed by atoms with van der Waals surface area (Å²) < 4.78 is 16.8. The SMILES string of the molecule is CCCC/C=C/C/C=C/CCCCCCCC(=O)OC[C@H](COC(=O)CCCCCCCCC/C=C/CCCCCC)OC(=O)CCCCCCC/C=C/C/C=C/CCCC. The molecule has 0 unspecified atom stereocenters. The fourth-order valence-corrected chi connectivity index (χ4v) is 7.00. The van der Waals surface area contributed by atoms with Gasteiger partial charge in [-0.2, -0.15) is 0 Å². The van der Waals surface area contributed by atoms with E-state index in [1.165, 1.54) is 109 Å². The molecule has 0 aliphatic carbocycles. The van der Waals surface area contributed by atoms with Crippen molar-refractivity contribution in [2.24, 2.45) is 0 Å². The van der Waals surface area contributed by atoms with Gasteiger partial charge in [0.05, 0.1) is 0 Å². The molecule has 0 aromatic rings. The standard InChI is InChI=1S/C55H96O6/c1-4-7-10-13-16-19-22-25-28-31-33-36-39-42-45-48-54(57)60-51-52(61-55(58)49-46-43-40-37-34-30-27-24-21-18-15-12-9-6-3)50-59-53(56)47-44-41-38-35-32-29-26-23-20-17-14-11-8-5-2/h14-15,17-19,22-24,26-27,52H,4-13,16,20-21,25,28-51H2,1-3H3/b17-14+,18-15+,22-19+,26-23+,27-24+/t52-/m1/s1. The average molecular weight is 853 g/mol. The lowest BCUT2D eigenvalue weighted by Crippen LogP contribution is -2.30. The van der Waals surface area contributed by atoms with Gasteiger partial charge >= 0.3 is 17.9 Å². The fourth-order valence-electron chi connectivity index (χ4n) is 7.00. The molecule has 6 nitrogen and oxygen atoms in total. The van der Waals surface area contributed by atoms with Gasteiger partial charge in [0, 0.05) is 19.3 Å². The van der Waals surface area contributed by atoms with Gasteiger partial charge in [0.25, 0.3) is 0 Å². The number of ether oxygens (including phenoxy) is 3. The van der Waals surface area contributed by atoms with Gasteiger partial charge in [-0.05, 0) is 96.3 Å². The Labute approximate surface area is 377 Å². The van der Waals surface area contributed by atoms with Crippen molar-refractivity contribution >= 4 is 17.9 Å². The van der Waals surface area contributed by atoms with Crippen LogP contribution >= 0.6 is 0 Å². The monoisotopic (exact) mass is 853 g/mol. The van der Waals surface area contributed by atoms with Crippen molar-refractivity contribution in [2.75, 3.05) is 13.2 Å². The van der Waals surface area contributed by atoms with Crippen LogP contribution in [-0.4, -0.2) is 37.2 Å². The Kier molecular flexibility index (Phi) is 47.4. The molecule has 0 saturated heterocycles. The Bertz CT molecular complexity index is 1120. The average Bonchev–Trinajstić information content (AvgIpc) is 3.26. The van der Waals surface area contributed by atoms with E-state index in [9.17, 15) is 14.4 Å². The molecule has 0 amide bonds. The maximum Gasteiger partial charge on any atom is 0.306 e. The van der Waals surface area contributed by atoms with Crippen molar-refractivity contribution < 1.29 is 28.6 Å². The number of hydrogen-bond donors (Lipinski definition) is 0. The van der Waals surface area contributed by atoms with Crippen LogP contribution in [0.15, 0.2) is 60.8 Å². The second kappa shape index (κ2) is 49.8. The molecule has 0 aliphatic rings. The maximum atomic E-state index is 12.8. The van der Waals surface area contributed by atoms with Crippen LogP contribution in [0.1, 0.15) is 252 Å². The smallest absolute Gasteiger partial charge is 0.306 e. The lowest BCUT2D eigenvalue weighted by Gasteiger charge is -2.18. The zero-order chi connectivity index (χ0) is 44.4. The minimum Gasteiger partial charge on any atom is -0.462 e. The van der Waals surface area contributed by atoms with Crippen molar-refractivity contribution in [1.82, 2.24) is 0 Å². The summed E-state index contributed by atoms with van der Waals surface area (Å²) >= 11 is 0. The van der Waals surface area contributed by atoms with E-state index in [0.717, 1.165) is 103 Å². The topological polar surface area (TPSA) is 78.9 Å². The molecule has 0 bridgehead atoms. The summed E-state index contributed by atoms with van der Waals surface area (Å²) in [5.74, 6) is -0.916. The minimum atomic E-state index is -0.788. The number of allylic oxidation sites excluding steroid dienone is 10. The minimum absolute atomic E-state index is 0.0866. The van der Waals surface area contributed by atoms with Crippen molar-refractivity contribution in [3.05, 3.63) is 60.8 Å². The van der Waals surface area contributed by atoms with Crippen LogP contribution in [0, 0.1) is 0 Å². The van der Waals surface area contributed by atoms with E-state index in [4.69, 9.17) is 14.2 Å². The molecule has 6 heteroatoms. The van der Waals surface area contributed by atoms with Crippen LogP contribution in [0.2, 0.25) is 0 Å². The number of rotatable bonds is 46. The third kappa shape index (κ3) is 48.0. The number of esters is 3. The lowest BCUT2D eigenvalue weighted by atomic mass is 10.1. The molecule has 0 N–H and O–H groups in total. The first-order valence-corrected chi connectivity index (χ1v) is 25.8. The Morgan fingerprint density at radius 2 is 0.607 bits per heavy atom. The first kappa shape index (κ1) is 58.1. The molecular formula is C55H96O6. The summed E-state index contributed by atoms with van der Waals surface area (Å²) in [7, 11) is 0. The number of carbonyl (C=O) groups is 3. The number of hydrogen-bond acceptors (Lipinski definition) is 6. The largest absolute Gasteiger partial charge is 0.462 e. The van der Waals surface area contributed by atoms with Gasteiger partial charge < -0.3 is 14.2 Å². The number of carbonyl (C=O) groups excluding carboxylic acids is 3.